The van der Waals surface area contributed by atoms with Crippen LogP contribution in [0.15, 0.2) is 60.7 Å². The number of amides is 1. The van der Waals surface area contributed by atoms with Crippen LogP contribution in [0.4, 0.5) is 10.5 Å². The van der Waals surface area contributed by atoms with Gasteiger partial charge >= 0.3 is 6.09 Å². The minimum atomic E-state index is -0.549. The van der Waals surface area contributed by atoms with Crippen molar-refractivity contribution in [2.45, 2.75) is 13.0 Å². The number of pyridine rings is 1. The van der Waals surface area contributed by atoms with Gasteiger partial charge in [0, 0.05) is 28.4 Å². The van der Waals surface area contributed by atoms with Crippen molar-refractivity contribution >= 4 is 39.9 Å². The molecule has 0 saturated heterocycles. The van der Waals surface area contributed by atoms with Crippen molar-refractivity contribution in [3.05, 3.63) is 71.8 Å². The molecule has 0 spiro atoms. The Labute approximate surface area is 184 Å². The molecule has 3 aromatic carbocycles. The molecule has 7 heteroatoms. The molecule has 7 nitrogen and oxygen atoms in total. The Morgan fingerprint density at radius 1 is 1.00 bits per heavy atom. The number of aliphatic hydroxyl groups excluding tert-OH is 1. The molecule has 1 amide bonds. The minimum absolute atomic E-state index is 0.0321. The lowest BCUT2D eigenvalue weighted by atomic mass is 9.97. The summed E-state index contributed by atoms with van der Waals surface area (Å²) in [5.74, 6) is 0. The van der Waals surface area contributed by atoms with Gasteiger partial charge in [0.2, 0.25) is 0 Å². The molecule has 1 heterocycles. The first kappa shape index (κ1) is 21.3. The summed E-state index contributed by atoms with van der Waals surface area (Å²) in [6, 6.07) is 19.2. The van der Waals surface area contributed by atoms with E-state index in [9.17, 15) is 14.7 Å². The van der Waals surface area contributed by atoms with Gasteiger partial charge in [0.25, 0.3) is 6.47 Å². The maximum Gasteiger partial charge on any atom is 0.411 e. The Balaban J connectivity index is 1.89. The third-order valence-electron chi connectivity index (χ3n) is 5.28. The lowest BCUT2D eigenvalue weighted by molar-refractivity contribution is -0.128. The van der Waals surface area contributed by atoms with E-state index in [1.54, 1.807) is 0 Å². The van der Waals surface area contributed by atoms with Crippen LogP contribution in [0.5, 0.6) is 0 Å². The van der Waals surface area contributed by atoms with Crippen molar-refractivity contribution < 1.29 is 24.2 Å². The summed E-state index contributed by atoms with van der Waals surface area (Å²) in [4.78, 5) is 27.0. The van der Waals surface area contributed by atoms with Gasteiger partial charge in [-0.1, -0.05) is 42.5 Å². The van der Waals surface area contributed by atoms with E-state index in [1.165, 1.54) is 7.11 Å². The first-order chi connectivity index (χ1) is 15.6. The molecule has 0 radical (unpaired) electrons. The third-order valence-corrected chi connectivity index (χ3v) is 5.28. The van der Waals surface area contributed by atoms with Crippen LogP contribution in [0.25, 0.3) is 32.9 Å². The van der Waals surface area contributed by atoms with Crippen LogP contribution in [0.1, 0.15) is 11.1 Å². The number of carbonyl (C=O) groups is 2. The van der Waals surface area contributed by atoms with Crippen molar-refractivity contribution in [1.82, 2.24) is 4.98 Å². The molecule has 4 rings (SSSR count). The number of fused-ring (bicyclic) bond motifs is 3. The number of methoxy groups -OCH3 is 1. The van der Waals surface area contributed by atoms with E-state index in [0.717, 1.165) is 44.1 Å². The lowest BCUT2D eigenvalue weighted by Gasteiger charge is -2.13. The maximum absolute atomic E-state index is 11.6. The number of carbonyl (C=O) groups excluding carboxylic acids is 2. The number of hydrogen-bond donors (Lipinski definition) is 2. The normalized spacial score (nSPS) is 10.8. The Bertz CT molecular complexity index is 1290. The number of aliphatic hydroxyl groups is 1. The SMILES string of the molecule is COC(=O)Nc1ccc2c(c1)nc(-c1ccc(CO)cc1)c1cc(CCOC=O)ccc12. The van der Waals surface area contributed by atoms with Gasteiger partial charge in [-0.15, -0.1) is 0 Å². The Kier molecular flexibility index (Phi) is 6.28. The molecule has 0 aliphatic carbocycles. The van der Waals surface area contributed by atoms with Gasteiger partial charge in [-0.25, -0.2) is 9.78 Å². The zero-order valence-electron chi connectivity index (χ0n) is 17.5. The van der Waals surface area contributed by atoms with E-state index >= 15 is 0 Å². The van der Waals surface area contributed by atoms with Crippen molar-refractivity contribution in [3.8, 4) is 11.3 Å². The molecule has 2 N–H and O–H groups in total. The van der Waals surface area contributed by atoms with Crippen LogP contribution in [0.2, 0.25) is 0 Å². The predicted octanol–water partition coefficient (Wildman–Crippen LogP) is 4.44. The van der Waals surface area contributed by atoms with Crippen LogP contribution in [0, 0.1) is 0 Å². The quantitative estimate of drug-likeness (QED) is 0.256. The molecule has 0 bridgehead atoms. The molecule has 0 aliphatic rings. The third kappa shape index (κ3) is 4.38. The van der Waals surface area contributed by atoms with Gasteiger partial charge < -0.3 is 14.6 Å². The van der Waals surface area contributed by atoms with Gasteiger partial charge in [-0.2, -0.15) is 0 Å². The van der Waals surface area contributed by atoms with Crippen LogP contribution in [-0.2, 0) is 27.3 Å². The Hall–Kier alpha value is -3.97. The highest BCUT2D eigenvalue weighted by Gasteiger charge is 2.13. The molecule has 0 fully saturated rings. The van der Waals surface area contributed by atoms with Gasteiger partial charge in [-0.05, 0) is 34.7 Å². The zero-order chi connectivity index (χ0) is 22.5. The summed E-state index contributed by atoms with van der Waals surface area (Å²) >= 11 is 0. The first-order valence-corrected chi connectivity index (χ1v) is 10.1. The summed E-state index contributed by atoms with van der Waals surface area (Å²) in [5.41, 5.74) is 4.84. The average Bonchev–Trinajstić information content (AvgIpc) is 2.83. The molecule has 0 atom stereocenters. The molecule has 162 valence electrons. The zero-order valence-corrected chi connectivity index (χ0v) is 17.5. The number of aromatic nitrogens is 1. The van der Waals surface area contributed by atoms with Crippen LogP contribution in [0.3, 0.4) is 0 Å². The van der Waals surface area contributed by atoms with Crippen molar-refractivity contribution in [2.24, 2.45) is 0 Å². The van der Waals surface area contributed by atoms with E-state index in [1.807, 2.05) is 54.6 Å². The summed E-state index contributed by atoms with van der Waals surface area (Å²) in [7, 11) is 1.31. The minimum Gasteiger partial charge on any atom is -0.468 e. The number of nitrogens with zero attached hydrogens (tertiary/aromatic N) is 1. The molecule has 0 aliphatic heterocycles. The number of rotatable bonds is 7. The first-order valence-electron chi connectivity index (χ1n) is 10.1. The summed E-state index contributed by atoms with van der Waals surface area (Å²) in [6.45, 7) is 0.721. The van der Waals surface area contributed by atoms with Gasteiger partial charge in [-0.3, -0.25) is 10.1 Å². The predicted molar refractivity (Wildman–Crippen MR) is 122 cm³/mol. The number of anilines is 1. The van der Waals surface area contributed by atoms with E-state index in [-0.39, 0.29) is 6.61 Å². The van der Waals surface area contributed by atoms with Gasteiger partial charge in [0.15, 0.2) is 0 Å². The molecule has 0 saturated carbocycles. The smallest absolute Gasteiger partial charge is 0.411 e. The summed E-state index contributed by atoms with van der Waals surface area (Å²) in [6.07, 6.45) is 0.0459. The molecule has 0 unspecified atom stereocenters. The average molecular weight is 430 g/mol. The van der Waals surface area contributed by atoms with Crippen LogP contribution in [-0.4, -0.2) is 36.4 Å². The second kappa shape index (κ2) is 9.45. The van der Waals surface area contributed by atoms with E-state index in [0.29, 0.717) is 25.2 Å². The van der Waals surface area contributed by atoms with E-state index < -0.39 is 6.09 Å². The van der Waals surface area contributed by atoms with E-state index in [4.69, 9.17) is 9.72 Å². The van der Waals surface area contributed by atoms with Crippen LogP contribution >= 0.6 is 0 Å². The fourth-order valence-electron chi connectivity index (χ4n) is 3.67. The summed E-state index contributed by atoms with van der Waals surface area (Å²) < 4.78 is 9.53. The fourth-order valence-corrected chi connectivity index (χ4v) is 3.67. The van der Waals surface area contributed by atoms with Gasteiger partial charge in [0.1, 0.15) is 0 Å². The maximum atomic E-state index is 11.6. The highest BCUT2D eigenvalue weighted by molar-refractivity contribution is 6.11. The lowest BCUT2D eigenvalue weighted by Crippen LogP contribution is -2.10. The number of nitrogens with one attached hydrogen (secondary N) is 1. The largest absolute Gasteiger partial charge is 0.468 e. The van der Waals surface area contributed by atoms with Crippen molar-refractivity contribution in [1.29, 1.82) is 0 Å². The molecule has 4 aromatic rings. The second-order valence-electron chi connectivity index (χ2n) is 7.26. The highest BCUT2D eigenvalue weighted by Crippen LogP contribution is 2.34. The molecule has 1 aromatic heterocycles. The number of hydrogen-bond acceptors (Lipinski definition) is 6. The molecular formula is C25H22N2O5. The standard InChI is InChI=1S/C25H22N2O5/c1-31-25(30)26-19-7-9-21-20-8-4-16(10-11-32-15-29)12-22(20)24(27-23(21)13-19)18-5-2-17(14-28)3-6-18/h2-9,12-13,15,28H,10-11,14H2,1H3,(H,26,30). The topological polar surface area (TPSA) is 97.8 Å². The van der Waals surface area contributed by atoms with E-state index in [2.05, 4.69) is 16.1 Å². The number of ether oxygens (including phenoxy) is 2. The molecule has 32 heavy (non-hydrogen) atoms. The van der Waals surface area contributed by atoms with Gasteiger partial charge in [0.05, 0.1) is 31.5 Å². The fraction of sp³-hybridized carbons (Fsp3) is 0.160. The monoisotopic (exact) mass is 430 g/mol. The van der Waals surface area contributed by atoms with Crippen LogP contribution < -0.4 is 5.32 Å². The van der Waals surface area contributed by atoms with Crippen molar-refractivity contribution in [3.63, 3.8) is 0 Å². The summed E-state index contributed by atoms with van der Waals surface area (Å²) in [5, 5.41) is 15.0. The Morgan fingerprint density at radius 2 is 1.75 bits per heavy atom. The molecular weight excluding hydrogens is 408 g/mol. The second-order valence-corrected chi connectivity index (χ2v) is 7.26. The highest BCUT2D eigenvalue weighted by atomic mass is 16.5. The number of benzene rings is 3. The Morgan fingerprint density at radius 3 is 2.47 bits per heavy atom. The van der Waals surface area contributed by atoms with Crippen molar-refractivity contribution in [2.75, 3.05) is 19.0 Å².